The number of hydroxylamine groups is 2. The number of hydrogen-bond donors (Lipinski definition) is 2. The largest absolute Gasteiger partial charge is 0.344 e. The molecule has 0 aromatic heterocycles. The molecular formula is C17H23N5O4S. The lowest BCUT2D eigenvalue weighted by Crippen LogP contribution is -2.55. The molecule has 3 aliphatic heterocycles. The Kier molecular flexibility index (Phi) is 4.79. The number of carbonyl (C=O) groups excluding carboxylic acids is 1. The first-order valence-electron chi connectivity index (χ1n) is 9.09. The van der Waals surface area contributed by atoms with Gasteiger partial charge in [-0.15, -0.1) is 0 Å². The maximum absolute atomic E-state index is 12.7. The van der Waals surface area contributed by atoms with Crippen molar-refractivity contribution in [3.8, 4) is 0 Å². The van der Waals surface area contributed by atoms with Gasteiger partial charge in [-0.05, 0) is 24.8 Å². The molecule has 0 unspecified atom stereocenters. The monoisotopic (exact) mass is 393 g/mol. The highest BCUT2D eigenvalue weighted by Gasteiger charge is 2.47. The van der Waals surface area contributed by atoms with E-state index in [0.717, 1.165) is 12.0 Å². The quantitative estimate of drug-likeness (QED) is 0.553. The standard InChI is InChI=1S/C17H23N5O4S/c18-16(19-27(24,25)20-9-4-10-20)15-8-7-14-11-21(15)17(23)22(14)26-12-13-5-2-1-3-6-13/h1-3,5-6,14-15H,4,7-12H2,(H2,18,19)/t14-,15+/m1/s1. The van der Waals surface area contributed by atoms with Crippen LogP contribution in [0.15, 0.2) is 30.3 Å². The van der Waals surface area contributed by atoms with Crippen molar-refractivity contribution < 1.29 is 18.0 Å². The van der Waals surface area contributed by atoms with E-state index in [1.165, 1.54) is 14.3 Å². The second-order valence-corrected chi connectivity index (χ2v) is 8.71. The van der Waals surface area contributed by atoms with Crippen LogP contribution in [0.5, 0.6) is 0 Å². The molecule has 3 heterocycles. The Labute approximate surface area is 158 Å². The molecule has 0 aliphatic carbocycles. The van der Waals surface area contributed by atoms with Crippen LogP contribution in [-0.2, 0) is 21.7 Å². The highest BCUT2D eigenvalue weighted by molar-refractivity contribution is 7.87. The summed E-state index contributed by atoms with van der Waals surface area (Å²) in [6, 6.07) is 8.63. The Bertz CT molecular complexity index is 827. The smallest absolute Gasteiger partial charge is 0.311 e. The lowest BCUT2D eigenvalue weighted by atomic mass is 10.0. The van der Waals surface area contributed by atoms with E-state index in [1.54, 1.807) is 0 Å². The van der Waals surface area contributed by atoms with E-state index < -0.39 is 16.3 Å². The number of amides is 2. The third kappa shape index (κ3) is 3.52. The molecule has 146 valence electrons. The zero-order valence-corrected chi connectivity index (χ0v) is 15.7. The second kappa shape index (κ2) is 7.10. The molecule has 2 atom stereocenters. The number of piperidine rings is 1. The van der Waals surface area contributed by atoms with Gasteiger partial charge >= 0.3 is 16.2 Å². The fourth-order valence-electron chi connectivity index (χ4n) is 3.62. The molecule has 1 aromatic rings. The number of nitrogens with zero attached hydrogens (tertiary/aromatic N) is 3. The highest BCUT2D eigenvalue weighted by Crippen LogP contribution is 2.31. The van der Waals surface area contributed by atoms with E-state index >= 15 is 0 Å². The fourth-order valence-corrected chi connectivity index (χ4v) is 4.90. The zero-order valence-electron chi connectivity index (χ0n) is 14.9. The van der Waals surface area contributed by atoms with Crippen LogP contribution in [0.2, 0.25) is 0 Å². The topological polar surface area (TPSA) is 106 Å². The first kappa shape index (κ1) is 18.2. The van der Waals surface area contributed by atoms with Gasteiger partial charge in [-0.3, -0.25) is 15.0 Å². The molecule has 3 saturated heterocycles. The summed E-state index contributed by atoms with van der Waals surface area (Å²) in [5.74, 6) is -0.154. The summed E-state index contributed by atoms with van der Waals surface area (Å²) in [5, 5.41) is 9.58. The van der Waals surface area contributed by atoms with Crippen molar-refractivity contribution in [3.05, 3.63) is 35.9 Å². The molecule has 2 amide bonds. The Morgan fingerprint density at radius 2 is 1.96 bits per heavy atom. The van der Waals surface area contributed by atoms with E-state index in [4.69, 9.17) is 10.2 Å². The van der Waals surface area contributed by atoms with Gasteiger partial charge in [-0.25, -0.2) is 4.79 Å². The highest BCUT2D eigenvalue weighted by atomic mass is 32.2. The average Bonchev–Trinajstić information content (AvgIpc) is 2.82. The molecule has 9 nitrogen and oxygen atoms in total. The van der Waals surface area contributed by atoms with Crippen LogP contribution in [0.1, 0.15) is 24.8 Å². The molecule has 0 spiro atoms. The Morgan fingerprint density at radius 1 is 1.22 bits per heavy atom. The summed E-state index contributed by atoms with van der Waals surface area (Å²) >= 11 is 0. The fraction of sp³-hybridized carbons (Fsp3) is 0.529. The third-order valence-electron chi connectivity index (χ3n) is 5.26. The predicted octanol–water partition coefficient (Wildman–Crippen LogP) is 0.904. The lowest BCUT2D eigenvalue weighted by molar-refractivity contribution is -0.140. The molecule has 2 N–H and O–H groups in total. The number of fused-ring (bicyclic) bond motifs is 2. The van der Waals surface area contributed by atoms with Crippen LogP contribution < -0.4 is 4.72 Å². The molecular weight excluding hydrogens is 370 g/mol. The molecule has 1 aromatic carbocycles. The van der Waals surface area contributed by atoms with Gasteiger partial charge in [0.25, 0.3) is 0 Å². The molecule has 27 heavy (non-hydrogen) atoms. The molecule has 2 bridgehead atoms. The van der Waals surface area contributed by atoms with Crippen LogP contribution in [0, 0.1) is 5.41 Å². The second-order valence-electron chi connectivity index (χ2n) is 7.04. The number of hydrogen-bond acceptors (Lipinski definition) is 5. The van der Waals surface area contributed by atoms with Gasteiger partial charge in [0.1, 0.15) is 12.4 Å². The van der Waals surface area contributed by atoms with Crippen molar-refractivity contribution in [1.29, 1.82) is 5.41 Å². The number of urea groups is 1. The van der Waals surface area contributed by atoms with Gasteiger partial charge in [0.2, 0.25) is 0 Å². The van der Waals surface area contributed by atoms with E-state index in [1.807, 2.05) is 30.3 Å². The maximum atomic E-state index is 12.7. The van der Waals surface area contributed by atoms with E-state index in [0.29, 0.717) is 39.1 Å². The molecule has 10 heteroatoms. The number of nitrogens with one attached hydrogen (secondary N) is 2. The van der Waals surface area contributed by atoms with Gasteiger partial charge < -0.3 is 4.90 Å². The number of amidine groups is 1. The zero-order chi connectivity index (χ0) is 19.0. The van der Waals surface area contributed by atoms with Gasteiger partial charge in [0.05, 0.1) is 12.1 Å². The summed E-state index contributed by atoms with van der Waals surface area (Å²) in [5.41, 5.74) is 0.966. The molecule has 0 saturated carbocycles. The van der Waals surface area contributed by atoms with Gasteiger partial charge in [0, 0.05) is 19.6 Å². The van der Waals surface area contributed by atoms with Gasteiger partial charge in [-0.1, -0.05) is 30.3 Å². The summed E-state index contributed by atoms with van der Waals surface area (Å²) in [6.07, 6.45) is 2.02. The Morgan fingerprint density at radius 3 is 2.63 bits per heavy atom. The van der Waals surface area contributed by atoms with Gasteiger partial charge in [-0.2, -0.15) is 17.8 Å². The maximum Gasteiger partial charge on any atom is 0.344 e. The molecule has 4 rings (SSSR count). The van der Waals surface area contributed by atoms with Crippen LogP contribution in [-0.4, -0.2) is 66.3 Å². The van der Waals surface area contributed by atoms with Crippen molar-refractivity contribution in [1.82, 2.24) is 19.0 Å². The summed E-state index contributed by atoms with van der Waals surface area (Å²) in [7, 11) is -3.69. The van der Waals surface area contributed by atoms with Crippen LogP contribution >= 0.6 is 0 Å². The van der Waals surface area contributed by atoms with Gasteiger partial charge in [0.15, 0.2) is 0 Å². The van der Waals surface area contributed by atoms with E-state index in [-0.39, 0.29) is 17.9 Å². The van der Waals surface area contributed by atoms with E-state index in [9.17, 15) is 13.2 Å². The first-order chi connectivity index (χ1) is 13.0. The third-order valence-corrected chi connectivity index (χ3v) is 6.79. The Balaban J connectivity index is 1.39. The average molecular weight is 393 g/mol. The first-order valence-corrected chi connectivity index (χ1v) is 10.5. The van der Waals surface area contributed by atoms with Crippen molar-refractivity contribution in [2.75, 3.05) is 19.6 Å². The number of benzene rings is 1. The van der Waals surface area contributed by atoms with Crippen molar-refractivity contribution in [2.24, 2.45) is 0 Å². The molecule has 3 aliphatic rings. The summed E-state index contributed by atoms with van der Waals surface area (Å²) in [6.45, 7) is 1.67. The molecule has 0 radical (unpaired) electrons. The minimum atomic E-state index is -3.69. The normalized spacial score (nSPS) is 25.4. The van der Waals surface area contributed by atoms with Crippen LogP contribution in [0.4, 0.5) is 4.79 Å². The summed E-state index contributed by atoms with van der Waals surface area (Å²) in [4.78, 5) is 20.0. The minimum absolute atomic E-state index is 0.0720. The van der Waals surface area contributed by atoms with E-state index in [2.05, 4.69) is 4.72 Å². The van der Waals surface area contributed by atoms with Crippen molar-refractivity contribution >= 4 is 22.1 Å². The number of rotatable bonds is 6. The predicted molar refractivity (Wildman–Crippen MR) is 98.0 cm³/mol. The lowest BCUT2D eigenvalue weighted by Gasteiger charge is -2.34. The van der Waals surface area contributed by atoms with Crippen molar-refractivity contribution in [3.63, 3.8) is 0 Å². The van der Waals surface area contributed by atoms with Crippen LogP contribution in [0.3, 0.4) is 0 Å². The van der Waals surface area contributed by atoms with Crippen molar-refractivity contribution in [2.45, 2.75) is 38.0 Å². The minimum Gasteiger partial charge on any atom is -0.311 e. The molecule has 3 fully saturated rings. The SMILES string of the molecule is N=C(NS(=O)(=O)N1CCC1)[C@@H]1CC[C@@H]2CN1C(=O)N2OCc1ccccc1. The summed E-state index contributed by atoms with van der Waals surface area (Å²) < 4.78 is 28.1. The number of carbonyl (C=O) groups is 1. The van der Waals surface area contributed by atoms with Crippen LogP contribution in [0.25, 0.3) is 0 Å². The Hall–Kier alpha value is -2.17.